The summed E-state index contributed by atoms with van der Waals surface area (Å²) in [7, 11) is 0. The standard InChI is InChI=1S/C24H32ClN3O3.C2H6/c1-16(25)19(14-26-5)17-8-10-18(11-9-17)20(15-29)27-23(31)21-7-6-12-28(21)22(30)13-24(2,3)4;1-2/h8-11,14,20-21,29H,1,5-7,12-13,15H2,2-4H3,(H,27,31);1-2H3/b19-14+;. The zero-order valence-electron chi connectivity index (χ0n) is 20.5. The molecule has 33 heavy (non-hydrogen) atoms. The minimum Gasteiger partial charge on any atom is -0.394 e. The molecule has 6 nitrogen and oxygen atoms in total. The molecule has 0 bridgehead atoms. The van der Waals surface area contributed by atoms with Crippen molar-refractivity contribution in [3.63, 3.8) is 0 Å². The van der Waals surface area contributed by atoms with Crippen LogP contribution in [-0.4, -0.2) is 47.7 Å². The number of likely N-dealkylation sites (tertiary alicyclic amines) is 1. The molecule has 1 aliphatic rings. The largest absolute Gasteiger partial charge is 0.394 e. The van der Waals surface area contributed by atoms with Crippen LogP contribution in [0.1, 0.15) is 71.0 Å². The van der Waals surface area contributed by atoms with Crippen molar-refractivity contribution in [3.05, 3.63) is 53.2 Å². The van der Waals surface area contributed by atoms with Gasteiger partial charge in [0.1, 0.15) is 6.04 Å². The first-order valence-corrected chi connectivity index (χ1v) is 11.8. The average molecular weight is 476 g/mol. The molecule has 182 valence electrons. The number of carbonyl (C=O) groups is 2. The third-order valence-corrected chi connectivity index (χ3v) is 5.40. The zero-order valence-corrected chi connectivity index (χ0v) is 21.3. The fourth-order valence-corrected chi connectivity index (χ4v) is 3.84. The molecule has 1 saturated heterocycles. The van der Waals surface area contributed by atoms with Crippen molar-refractivity contribution < 1.29 is 14.7 Å². The summed E-state index contributed by atoms with van der Waals surface area (Å²) in [6, 6.07) is 6.18. The molecule has 0 spiro atoms. The molecule has 2 rings (SSSR count). The predicted molar refractivity (Wildman–Crippen MR) is 137 cm³/mol. The lowest BCUT2D eigenvalue weighted by atomic mass is 9.91. The van der Waals surface area contributed by atoms with Gasteiger partial charge >= 0.3 is 0 Å². The van der Waals surface area contributed by atoms with E-state index in [2.05, 4.69) is 23.6 Å². The van der Waals surface area contributed by atoms with Gasteiger partial charge in [0.05, 0.1) is 12.6 Å². The van der Waals surface area contributed by atoms with Crippen molar-refractivity contribution in [2.24, 2.45) is 10.4 Å². The molecule has 1 heterocycles. The Labute approximate surface area is 203 Å². The topological polar surface area (TPSA) is 82.0 Å². The van der Waals surface area contributed by atoms with Gasteiger partial charge in [-0.2, -0.15) is 0 Å². The molecular formula is C26H38ClN3O3. The summed E-state index contributed by atoms with van der Waals surface area (Å²) < 4.78 is 0. The second kappa shape index (κ2) is 13.3. The van der Waals surface area contributed by atoms with E-state index in [-0.39, 0.29) is 23.8 Å². The van der Waals surface area contributed by atoms with Crippen LogP contribution in [0.3, 0.4) is 0 Å². The van der Waals surface area contributed by atoms with Crippen LogP contribution in [0, 0.1) is 5.41 Å². The third-order valence-electron chi connectivity index (χ3n) is 5.19. The molecule has 0 aliphatic carbocycles. The number of amides is 2. The van der Waals surface area contributed by atoms with E-state index in [1.54, 1.807) is 4.90 Å². The third kappa shape index (κ3) is 8.45. The van der Waals surface area contributed by atoms with Crippen LogP contribution in [0.4, 0.5) is 0 Å². The number of hydrogen-bond donors (Lipinski definition) is 2. The zero-order chi connectivity index (χ0) is 25.2. The molecule has 0 aromatic heterocycles. The van der Waals surface area contributed by atoms with Crippen LogP contribution in [0.2, 0.25) is 0 Å². The van der Waals surface area contributed by atoms with Crippen molar-refractivity contribution in [1.82, 2.24) is 10.2 Å². The Hall–Kier alpha value is -2.44. The molecule has 1 aromatic rings. The maximum absolute atomic E-state index is 12.9. The minimum atomic E-state index is -0.578. The van der Waals surface area contributed by atoms with E-state index in [4.69, 9.17) is 11.6 Å². The summed E-state index contributed by atoms with van der Waals surface area (Å²) in [4.78, 5) is 31.0. The maximum Gasteiger partial charge on any atom is 0.243 e. The Morgan fingerprint density at radius 1 is 1.30 bits per heavy atom. The quantitative estimate of drug-likeness (QED) is 0.406. The number of aliphatic hydroxyl groups is 1. The number of nitrogens with zero attached hydrogens (tertiary/aromatic N) is 2. The monoisotopic (exact) mass is 475 g/mol. The van der Waals surface area contributed by atoms with Gasteiger partial charge in [0.15, 0.2) is 0 Å². The van der Waals surface area contributed by atoms with Crippen molar-refractivity contribution in [2.75, 3.05) is 13.2 Å². The van der Waals surface area contributed by atoms with Gasteiger partial charge in [0, 0.05) is 29.8 Å². The smallest absolute Gasteiger partial charge is 0.243 e. The number of halogens is 1. The predicted octanol–water partition coefficient (Wildman–Crippen LogP) is 5.08. The molecule has 0 saturated carbocycles. The molecule has 2 unspecified atom stereocenters. The molecule has 0 radical (unpaired) electrons. The Kier molecular flexibility index (Phi) is 11.5. The number of hydrogen-bond acceptors (Lipinski definition) is 4. The summed E-state index contributed by atoms with van der Waals surface area (Å²) in [5, 5.41) is 13.1. The Balaban J connectivity index is 0.00000265. The highest BCUT2D eigenvalue weighted by Crippen LogP contribution is 2.27. The molecular weight excluding hydrogens is 438 g/mol. The molecule has 1 aliphatic heterocycles. The Morgan fingerprint density at radius 3 is 2.39 bits per heavy atom. The highest BCUT2D eigenvalue weighted by atomic mass is 35.5. The van der Waals surface area contributed by atoms with Crippen LogP contribution in [0.5, 0.6) is 0 Å². The van der Waals surface area contributed by atoms with Gasteiger partial charge in [0.2, 0.25) is 11.8 Å². The van der Waals surface area contributed by atoms with Crippen molar-refractivity contribution in [1.29, 1.82) is 0 Å². The van der Waals surface area contributed by atoms with Gasteiger partial charge in [-0.25, -0.2) is 0 Å². The van der Waals surface area contributed by atoms with Crippen LogP contribution in [0.15, 0.2) is 47.1 Å². The summed E-state index contributed by atoms with van der Waals surface area (Å²) in [5.41, 5.74) is 2.05. The van der Waals surface area contributed by atoms with Gasteiger partial charge < -0.3 is 15.3 Å². The number of aliphatic imine (C=N–C) groups is 1. The first-order chi connectivity index (χ1) is 15.6. The molecule has 1 fully saturated rings. The summed E-state index contributed by atoms with van der Waals surface area (Å²) in [6.45, 7) is 17.5. The summed E-state index contributed by atoms with van der Waals surface area (Å²) in [6.07, 6.45) is 3.34. The first-order valence-electron chi connectivity index (χ1n) is 11.4. The number of aliphatic hydroxyl groups excluding tert-OH is 1. The van der Waals surface area contributed by atoms with Gasteiger partial charge in [-0.3, -0.25) is 14.6 Å². The van der Waals surface area contributed by atoms with Crippen molar-refractivity contribution in [2.45, 2.75) is 66.0 Å². The summed E-state index contributed by atoms with van der Waals surface area (Å²) in [5.74, 6) is -0.250. The Bertz CT molecular complexity index is 857. The van der Waals surface area contributed by atoms with Crippen LogP contribution >= 0.6 is 11.6 Å². The molecule has 7 heteroatoms. The van der Waals surface area contributed by atoms with Gasteiger partial charge in [0.25, 0.3) is 0 Å². The number of carbonyl (C=O) groups excluding carboxylic acids is 2. The number of rotatable bonds is 8. The van der Waals surface area contributed by atoms with Crippen LogP contribution in [-0.2, 0) is 9.59 Å². The fourth-order valence-electron chi connectivity index (χ4n) is 3.68. The number of benzene rings is 1. The van der Waals surface area contributed by atoms with E-state index >= 15 is 0 Å². The lowest BCUT2D eigenvalue weighted by Gasteiger charge is -2.29. The highest BCUT2D eigenvalue weighted by Gasteiger charge is 2.36. The van der Waals surface area contributed by atoms with Crippen molar-refractivity contribution in [3.8, 4) is 0 Å². The van der Waals surface area contributed by atoms with Crippen LogP contribution < -0.4 is 5.32 Å². The highest BCUT2D eigenvalue weighted by molar-refractivity contribution is 6.36. The fraction of sp³-hybridized carbons (Fsp3) is 0.500. The lowest BCUT2D eigenvalue weighted by Crippen LogP contribution is -2.48. The Morgan fingerprint density at radius 2 is 1.91 bits per heavy atom. The van der Waals surface area contributed by atoms with Gasteiger partial charge in [-0.15, -0.1) is 0 Å². The first kappa shape index (κ1) is 28.6. The van der Waals surface area contributed by atoms with E-state index in [9.17, 15) is 14.7 Å². The molecule has 1 aromatic carbocycles. The minimum absolute atomic E-state index is 0.00787. The van der Waals surface area contributed by atoms with E-state index in [1.807, 2.05) is 58.9 Å². The second-order valence-corrected chi connectivity index (χ2v) is 9.43. The number of nitrogens with one attached hydrogen (secondary N) is 1. The van der Waals surface area contributed by atoms with Crippen molar-refractivity contribution >= 4 is 35.7 Å². The van der Waals surface area contributed by atoms with E-state index in [0.29, 0.717) is 30.0 Å². The van der Waals surface area contributed by atoms with E-state index in [0.717, 1.165) is 17.5 Å². The van der Waals surface area contributed by atoms with E-state index in [1.165, 1.54) is 6.20 Å². The average Bonchev–Trinajstić information content (AvgIpc) is 3.26. The van der Waals surface area contributed by atoms with Crippen LogP contribution in [0.25, 0.3) is 5.57 Å². The SMILES string of the molecule is C=N/C=C(\C(=C)Cl)c1ccc(C(CO)NC(=O)C2CCCN2C(=O)CC(C)(C)C)cc1.CC. The number of allylic oxidation sites excluding steroid dienone is 2. The molecule has 2 N–H and O–H groups in total. The molecule has 2 amide bonds. The maximum atomic E-state index is 12.9. The van der Waals surface area contributed by atoms with Gasteiger partial charge in [-0.1, -0.05) is 77.1 Å². The summed E-state index contributed by atoms with van der Waals surface area (Å²) >= 11 is 6.03. The second-order valence-electron chi connectivity index (χ2n) is 8.98. The van der Waals surface area contributed by atoms with Gasteiger partial charge in [-0.05, 0) is 36.1 Å². The lowest BCUT2D eigenvalue weighted by molar-refractivity contribution is -0.140. The molecule has 2 atom stereocenters. The van der Waals surface area contributed by atoms with E-state index < -0.39 is 12.1 Å². The normalized spacial score (nSPS) is 17.0.